The Labute approximate surface area is 188 Å². The van der Waals surface area contributed by atoms with Crippen molar-refractivity contribution in [2.24, 2.45) is 0 Å². The first kappa shape index (κ1) is 22.0. The van der Waals surface area contributed by atoms with Crippen LogP contribution in [0.15, 0.2) is 42.6 Å². The fourth-order valence-electron chi connectivity index (χ4n) is 4.36. The zero-order valence-electron chi connectivity index (χ0n) is 19.0. The van der Waals surface area contributed by atoms with E-state index in [1.165, 1.54) is 0 Å². The Bertz CT molecular complexity index is 1110. The van der Waals surface area contributed by atoms with Crippen LogP contribution in [0.4, 0.5) is 0 Å². The van der Waals surface area contributed by atoms with E-state index in [9.17, 15) is 9.59 Å². The number of pyridine rings is 1. The van der Waals surface area contributed by atoms with Gasteiger partial charge >= 0.3 is 5.97 Å². The standard InChI is InChI=1S/C25H30N4O3/c1-4-19-12-8-9-13-28(19)23(30)16-32-25(31)20-14-22(18-10-6-5-7-11-18)27-24-21(20)15-26-29(24)17(2)3/h5-7,10-11,14-15,17,19H,4,8-9,12-13,16H2,1-3H3. The Morgan fingerprint density at radius 2 is 1.97 bits per heavy atom. The van der Waals surface area contributed by atoms with E-state index < -0.39 is 5.97 Å². The molecular formula is C25H30N4O3. The lowest BCUT2D eigenvalue weighted by Gasteiger charge is -2.35. The van der Waals surface area contributed by atoms with Crippen molar-refractivity contribution >= 4 is 22.9 Å². The molecule has 0 spiro atoms. The van der Waals surface area contributed by atoms with Crippen LogP contribution < -0.4 is 0 Å². The predicted molar refractivity (Wildman–Crippen MR) is 123 cm³/mol. The van der Waals surface area contributed by atoms with Gasteiger partial charge in [-0.15, -0.1) is 0 Å². The number of amides is 1. The van der Waals surface area contributed by atoms with Crippen LogP contribution in [0.3, 0.4) is 0 Å². The molecule has 2 aromatic heterocycles. The van der Waals surface area contributed by atoms with Gasteiger partial charge in [-0.05, 0) is 45.6 Å². The van der Waals surface area contributed by atoms with Crippen LogP contribution in [0.25, 0.3) is 22.3 Å². The highest BCUT2D eigenvalue weighted by Crippen LogP contribution is 2.27. The molecule has 1 aromatic carbocycles. The number of fused-ring (bicyclic) bond motifs is 1. The van der Waals surface area contributed by atoms with Gasteiger partial charge in [0.05, 0.1) is 22.8 Å². The average Bonchev–Trinajstić information content (AvgIpc) is 3.26. The second kappa shape index (κ2) is 9.51. The van der Waals surface area contributed by atoms with Crippen LogP contribution >= 0.6 is 0 Å². The summed E-state index contributed by atoms with van der Waals surface area (Å²) in [7, 11) is 0. The summed E-state index contributed by atoms with van der Waals surface area (Å²) in [5, 5.41) is 5.06. The summed E-state index contributed by atoms with van der Waals surface area (Å²) in [6.45, 7) is 6.60. The third-order valence-electron chi connectivity index (χ3n) is 6.09. The molecule has 1 amide bonds. The highest BCUT2D eigenvalue weighted by molar-refractivity contribution is 6.04. The van der Waals surface area contributed by atoms with Crippen molar-refractivity contribution in [2.45, 2.75) is 58.5 Å². The summed E-state index contributed by atoms with van der Waals surface area (Å²) in [5.41, 5.74) is 2.57. The number of piperidine rings is 1. The van der Waals surface area contributed by atoms with Crippen molar-refractivity contribution in [1.29, 1.82) is 0 Å². The Morgan fingerprint density at radius 3 is 2.69 bits per heavy atom. The minimum absolute atomic E-state index is 0.0848. The van der Waals surface area contributed by atoms with E-state index in [0.29, 0.717) is 22.3 Å². The fourth-order valence-corrected chi connectivity index (χ4v) is 4.36. The van der Waals surface area contributed by atoms with E-state index in [0.717, 1.165) is 37.8 Å². The first-order valence-electron chi connectivity index (χ1n) is 11.4. The summed E-state index contributed by atoms with van der Waals surface area (Å²) in [5.74, 6) is -0.660. The summed E-state index contributed by atoms with van der Waals surface area (Å²) in [6, 6.07) is 11.7. The molecule has 168 valence electrons. The quantitative estimate of drug-likeness (QED) is 0.529. The number of likely N-dealkylation sites (tertiary alicyclic amines) is 1. The Morgan fingerprint density at radius 1 is 1.19 bits per heavy atom. The zero-order chi connectivity index (χ0) is 22.7. The number of benzene rings is 1. The van der Waals surface area contributed by atoms with Gasteiger partial charge in [-0.2, -0.15) is 5.10 Å². The summed E-state index contributed by atoms with van der Waals surface area (Å²) in [4.78, 5) is 32.5. The normalized spacial score (nSPS) is 16.5. The van der Waals surface area contributed by atoms with Gasteiger partial charge in [0.15, 0.2) is 12.3 Å². The number of carbonyl (C=O) groups is 2. The lowest BCUT2D eigenvalue weighted by Crippen LogP contribution is -2.45. The van der Waals surface area contributed by atoms with Crippen LogP contribution in [-0.2, 0) is 9.53 Å². The number of hydrogen-bond donors (Lipinski definition) is 0. The lowest BCUT2D eigenvalue weighted by molar-refractivity contribution is -0.138. The number of nitrogens with zero attached hydrogens (tertiary/aromatic N) is 4. The fraction of sp³-hybridized carbons (Fsp3) is 0.440. The molecule has 7 nitrogen and oxygen atoms in total. The number of hydrogen-bond acceptors (Lipinski definition) is 5. The minimum Gasteiger partial charge on any atom is -0.452 e. The maximum absolute atomic E-state index is 13.1. The molecule has 0 radical (unpaired) electrons. The second-order valence-electron chi connectivity index (χ2n) is 8.56. The molecular weight excluding hydrogens is 404 g/mol. The first-order valence-corrected chi connectivity index (χ1v) is 11.4. The summed E-state index contributed by atoms with van der Waals surface area (Å²) >= 11 is 0. The molecule has 7 heteroatoms. The van der Waals surface area contributed by atoms with E-state index in [2.05, 4.69) is 12.0 Å². The molecule has 0 aliphatic carbocycles. The van der Waals surface area contributed by atoms with Crippen LogP contribution in [0.2, 0.25) is 0 Å². The molecule has 0 saturated carbocycles. The van der Waals surface area contributed by atoms with Crippen LogP contribution in [0, 0.1) is 0 Å². The molecule has 1 aliphatic rings. The van der Waals surface area contributed by atoms with Crippen molar-refractivity contribution in [3.05, 3.63) is 48.2 Å². The third kappa shape index (κ3) is 4.38. The van der Waals surface area contributed by atoms with Gasteiger partial charge < -0.3 is 9.64 Å². The van der Waals surface area contributed by atoms with Gasteiger partial charge in [0.1, 0.15) is 0 Å². The number of carbonyl (C=O) groups excluding carboxylic acids is 2. The molecule has 4 rings (SSSR count). The van der Waals surface area contributed by atoms with Crippen molar-refractivity contribution in [3.63, 3.8) is 0 Å². The summed E-state index contributed by atoms with van der Waals surface area (Å²) < 4.78 is 7.30. The predicted octanol–water partition coefficient (Wildman–Crippen LogP) is 4.63. The molecule has 3 heterocycles. The molecule has 1 fully saturated rings. The van der Waals surface area contributed by atoms with E-state index in [1.54, 1.807) is 16.9 Å². The number of rotatable bonds is 6. The molecule has 1 unspecified atom stereocenters. The highest BCUT2D eigenvalue weighted by Gasteiger charge is 2.27. The van der Waals surface area contributed by atoms with E-state index >= 15 is 0 Å². The van der Waals surface area contributed by atoms with Gasteiger partial charge in [-0.3, -0.25) is 4.79 Å². The molecule has 1 aliphatic heterocycles. The second-order valence-corrected chi connectivity index (χ2v) is 8.56. The smallest absolute Gasteiger partial charge is 0.339 e. The third-order valence-corrected chi connectivity index (χ3v) is 6.09. The van der Waals surface area contributed by atoms with Gasteiger partial charge in [0.2, 0.25) is 0 Å². The largest absolute Gasteiger partial charge is 0.452 e. The number of esters is 1. The maximum Gasteiger partial charge on any atom is 0.339 e. The van der Waals surface area contributed by atoms with Crippen LogP contribution in [0.5, 0.6) is 0 Å². The Balaban J connectivity index is 1.62. The highest BCUT2D eigenvalue weighted by atomic mass is 16.5. The molecule has 3 aromatic rings. The molecule has 0 N–H and O–H groups in total. The zero-order valence-corrected chi connectivity index (χ0v) is 19.0. The van der Waals surface area contributed by atoms with Crippen molar-refractivity contribution < 1.29 is 14.3 Å². The van der Waals surface area contributed by atoms with E-state index in [1.807, 2.05) is 49.1 Å². The van der Waals surface area contributed by atoms with Gasteiger partial charge in [-0.25, -0.2) is 14.5 Å². The summed E-state index contributed by atoms with van der Waals surface area (Å²) in [6.07, 6.45) is 5.71. The van der Waals surface area contributed by atoms with E-state index in [-0.39, 0.29) is 24.6 Å². The minimum atomic E-state index is -0.531. The first-order chi connectivity index (χ1) is 15.5. The molecule has 1 saturated heterocycles. The number of ether oxygens (including phenoxy) is 1. The average molecular weight is 435 g/mol. The monoisotopic (exact) mass is 434 g/mol. The Kier molecular flexibility index (Phi) is 6.53. The topological polar surface area (TPSA) is 77.3 Å². The molecule has 0 bridgehead atoms. The van der Waals surface area contributed by atoms with Crippen molar-refractivity contribution in [3.8, 4) is 11.3 Å². The molecule has 1 atom stereocenters. The maximum atomic E-state index is 13.1. The van der Waals surface area contributed by atoms with Crippen LogP contribution in [-0.4, -0.2) is 50.7 Å². The van der Waals surface area contributed by atoms with Crippen molar-refractivity contribution in [1.82, 2.24) is 19.7 Å². The number of aromatic nitrogens is 3. The van der Waals surface area contributed by atoms with Gasteiger partial charge in [0, 0.05) is 24.2 Å². The van der Waals surface area contributed by atoms with Gasteiger partial charge in [-0.1, -0.05) is 37.3 Å². The molecule has 32 heavy (non-hydrogen) atoms. The van der Waals surface area contributed by atoms with E-state index in [4.69, 9.17) is 9.72 Å². The van der Waals surface area contributed by atoms with Crippen molar-refractivity contribution in [2.75, 3.05) is 13.2 Å². The Hall–Kier alpha value is -3.22. The van der Waals surface area contributed by atoms with Crippen LogP contribution in [0.1, 0.15) is 62.9 Å². The SMILES string of the molecule is CCC1CCCCN1C(=O)COC(=O)c1cc(-c2ccccc2)nc2c1cnn2C(C)C. The van der Waals surface area contributed by atoms with Gasteiger partial charge in [0.25, 0.3) is 5.91 Å². The lowest BCUT2D eigenvalue weighted by atomic mass is 10.00.